The lowest BCUT2D eigenvalue weighted by atomic mass is 9.93. The maximum absolute atomic E-state index is 9.45. The fourth-order valence-corrected chi connectivity index (χ4v) is 1.58. The van der Waals surface area contributed by atoms with Crippen LogP contribution in [0.3, 0.4) is 0 Å². The highest BCUT2D eigenvalue weighted by atomic mass is 16.3. The number of pyridine rings is 1. The molecule has 0 aromatic carbocycles. The van der Waals surface area contributed by atoms with Crippen LogP contribution in [0.2, 0.25) is 0 Å². The van der Waals surface area contributed by atoms with Crippen molar-refractivity contribution >= 4 is 11.5 Å². The van der Waals surface area contributed by atoms with Crippen LogP contribution in [0.1, 0.15) is 26.7 Å². The first-order valence-electron chi connectivity index (χ1n) is 5.51. The summed E-state index contributed by atoms with van der Waals surface area (Å²) in [5.41, 5.74) is 3.13. The predicted octanol–water partition coefficient (Wildman–Crippen LogP) is 1.33. The van der Waals surface area contributed by atoms with Crippen molar-refractivity contribution in [1.29, 1.82) is 0 Å². The highest BCUT2D eigenvalue weighted by Crippen LogP contribution is 2.22. The van der Waals surface area contributed by atoms with E-state index in [0.717, 1.165) is 18.5 Å². The van der Waals surface area contributed by atoms with Gasteiger partial charge in [0.2, 0.25) is 0 Å². The summed E-state index contributed by atoms with van der Waals surface area (Å²) in [6, 6.07) is 3.67. The van der Waals surface area contributed by atoms with Crippen LogP contribution in [-0.2, 0) is 0 Å². The van der Waals surface area contributed by atoms with Crippen LogP contribution in [0.5, 0.6) is 0 Å². The van der Waals surface area contributed by atoms with E-state index in [2.05, 4.69) is 29.6 Å². The highest BCUT2D eigenvalue weighted by Gasteiger charge is 2.24. The summed E-state index contributed by atoms with van der Waals surface area (Å²) >= 11 is 0. The largest absolute Gasteiger partial charge is 0.394 e. The molecule has 1 aromatic rings. The van der Waals surface area contributed by atoms with Crippen molar-refractivity contribution in [3.05, 3.63) is 18.3 Å². The van der Waals surface area contributed by atoms with Crippen LogP contribution in [0, 0.1) is 0 Å². The number of nitrogens with one attached hydrogen (secondary N) is 2. The summed E-state index contributed by atoms with van der Waals surface area (Å²) in [5, 5.41) is 12.8. The second-order valence-corrected chi connectivity index (χ2v) is 3.84. The van der Waals surface area contributed by atoms with E-state index in [1.165, 1.54) is 0 Å². The number of nitrogens with zero attached hydrogens (tertiary/aromatic N) is 1. The van der Waals surface area contributed by atoms with Gasteiger partial charge >= 0.3 is 0 Å². The topological polar surface area (TPSA) is 83.2 Å². The van der Waals surface area contributed by atoms with Gasteiger partial charge < -0.3 is 15.8 Å². The van der Waals surface area contributed by atoms with Gasteiger partial charge in [0.25, 0.3) is 0 Å². The van der Waals surface area contributed by atoms with Crippen molar-refractivity contribution in [3.8, 4) is 0 Å². The molecule has 5 nitrogen and oxygen atoms in total. The van der Waals surface area contributed by atoms with Gasteiger partial charge in [-0.25, -0.2) is 10.8 Å². The molecule has 1 heterocycles. The quantitative estimate of drug-likeness (QED) is 0.433. The number of nitrogen functional groups attached to an aromatic ring is 1. The number of rotatable bonds is 6. The average molecular weight is 224 g/mol. The molecule has 1 aromatic heterocycles. The van der Waals surface area contributed by atoms with Gasteiger partial charge in [0.15, 0.2) is 0 Å². The fraction of sp³-hybridized carbons (Fsp3) is 0.545. The Kier molecular flexibility index (Phi) is 4.52. The molecule has 0 radical (unpaired) electrons. The molecule has 0 aliphatic carbocycles. The standard InChI is InChI=1S/C11H20N4O/c1-3-11(4-2,8-16)14-9-5-6-13-10(7-9)15-12/h5-7,16H,3-4,8,12H2,1-2H3,(H2,13,14,15). The van der Waals surface area contributed by atoms with Crippen molar-refractivity contribution in [3.63, 3.8) is 0 Å². The lowest BCUT2D eigenvalue weighted by Crippen LogP contribution is -2.40. The van der Waals surface area contributed by atoms with E-state index in [9.17, 15) is 5.11 Å². The summed E-state index contributed by atoms with van der Waals surface area (Å²) in [6.45, 7) is 4.21. The molecule has 0 unspecified atom stereocenters. The number of hydrogen-bond acceptors (Lipinski definition) is 5. The molecule has 0 saturated carbocycles. The number of aliphatic hydroxyl groups excluding tert-OH is 1. The second-order valence-electron chi connectivity index (χ2n) is 3.84. The monoisotopic (exact) mass is 224 g/mol. The van der Waals surface area contributed by atoms with Crippen LogP contribution < -0.4 is 16.6 Å². The third-order valence-corrected chi connectivity index (χ3v) is 2.97. The second kappa shape index (κ2) is 5.67. The molecule has 0 fully saturated rings. The molecule has 90 valence electrons. The molecule has 5 heteroatoms. The smallest absolute Gasteiger partial charge is 0.141 e. The fourth-order valence-electron chi connectivity index (χ4n) is 1.58. The molecule has 0 spiro atoms. The van der Waals surface area contributed by atoms with Crippen LogP contribution in [-0.4, -0.2) is 22.2 Å². The zero-order chi connectivity index (χ0) is 12.0. The number of hydrazine groups is 1. The first-order valence-corrected chi connectivity index (χ1v) is 5.51. The lowest BCUT2D eigenvalue weighted by Gasteiger charge is -2.32. The van der Waals surface area contributed by atoms with Gasteiger partial charge in [0, 0.05) is 18.0 Å². The van der Waals surface area contributed by atoms with E-state index in [-0.39, 0.29) is 12.1 Å². The molecule has 0 aliphatic rings. The molecule has 16 heavy (non-hydrogen) atoms. The number of hydrogen-bond donors (Lipinski definition) is 4. The Hall–Kier alpha value is -1.33. The van der Waals surface area contributed by atoms with Crippen molar-refractivity contribution in [1.82, 2.24) is 4.98 Å². The van der Waals surface area contributed by atoms with E-state index in [4.69, 9.17) is 5.84 Å². The zero-order valence-corrected chi connectivity index (χ0v) is 9.83. The van der Waals surface area contributed by atoms with Gasteiger partial charge in [0.05, 0.1) is 12.1 Å². The maximum atomic E-state index is 9.45. The van der Waals surface area contributed by atoms with E-state index in [0.29, 0.717) is 5.82 Å². The van der Waals surface area contributed by atoms with Gasteiger partial charge in [-0.1, -0.05) is 13.8 Å². The molecule has 0 bridgehead atoms. The minimum atomic E-state index is -0.271. The Balaban J connectivity index is 2.84. The molecular weight excluding hydrogens is 204 g/mol. The van der Waals surface area contributed by atoms with Crippen molar-refractivity contribution in [2.24, 2.45) is 5.84 Å². The third kappa shape index (κ3) is 2.84. The average Bonchev–Trinajstić information content (AvgIpc) is 2.36. The highest BCUT2D eigenvalue weighted by molar-refractivity contribution is 5.52. The van der Waals surface area contributed by atoms with Gasteiger partial charge in [-0.15, -0.1) is 0 Å². The van der Waals surface area contributed by atoms with Crippen molar-refractivity contribution in [2.45, 2.75) is 32.2 Å². The van der Waals surface area contributed by atoms with E-state index in [1.807, 2.05) is 12.1 Å². The first-order chi connectivity index (χ1) is 7.69. The Morgan fingerprint density at radius 1 is 1.44 bits per heavy atom. The number of aliphatic hydroxyl groups is 1. The summed E-state index contributed by atoms with van der Waals surface area (Å²) < 4.78 is 0. The number of nitrogens with two attached hydrogens (primary N) is 1. The summed E-state index contributed by atoms with van der Waals surface area (Å²) in [7, 11) is 0. The molecule has 5 N–H and O–H groups in total. The zero-order valence-electron chi connectivity index (χ0n) is 9.83. The Labute approximate surface area is 96.0 Å². The molecule has 0 aliphatic heterocycles. The summed E-state index contributed by atoms with van der Waals surface area (Å²) in [4.78, 5) is 4.03. The number of aromatic nitrogens is 1. The maximum Gasteiger partial charge on any atom is 0.141 e. The third-order valence-electron chi connectivity index (χ3n) is 2.97. The Morgan fingerprint density at radius 3 is 2.62 bits per heavy atom. The van der Waals surface area contributed by atoms with E-state index < -0.39 is 0 Å². The molecule has 1 rings (SSSR count). The number of anilines is 2. The lowest BCUT2D eigenvalue weighted by molar-refractivity contribution is 0.202. The normalized spacial score (nSPS) is 11.2. The predicted molar refractivity (Wildman–Crippen MR) is 66.1 cm³/mol. The van der Waals surface area contributed by atoms with Crippen LogP contribution in [0.4, 0.5) is 11.5 Å². The van der Waals surface area contributed by atoms with Gasteiger partial charge in [0.1, 0.15) is 5.82 Å². The Morgan fingerprint density at radius 2 is 2.12 bits per heavy atom. The van der Waals surface area contributed by atoms with Gasteiger partial charge in [-0.05, 0) is 18.9 Å². The Bertz CT molecular complexity index is 317. The molecule has 0 atom stereocenters. The SMILES string of the molecule is CCC(CC)(CO)Nc1ccnc(NN)c1. The van der Waals surface area contributed by atoms with Crippen LogP contribution >= 0.6 is 0 Å². The van der Waals surface area contributed by atoms with Crippen LogP contribution in [0.15, 0.2) is 18.3 Å². The summed E-state index contributed by atoms with van der Waals surface area (Å²) in [6.07, 6.45) is 3.38. The summed E-state index contributed by atoms with van der Waals surface area (Å²) in [5.74, 6) is 5.89. The molecular formula is C11H20N4O. The van der Waals surface area contributed by atoms with Crippen LogP contribution in [0.25, 0.3) is 0 Å². The van der Waals surface area contributed by atoms with Gasteiger partial charge in [-0.2, -0.15) is 0 Å². The molecule has 0 saturated heterocycles. The minimum absolute atomic E-state index is 0.105. The molecule has 0 amide bonds. The van der Waals surface area contributed by atoms with E-state index in [1.54, 1.807) is 6.20 Å². The minimum Gasteiger partial charge on any atom is -0.394 e. The van der Waals surface area contributed by atoms with Crippen molar-refractivity contribution in [2.75, 3.05) is 17.3 Å². The van der Waals surface area contributed by atoms with Gasteiger partial charge in [-0.3, -0.25) is 0 Å². The van der Waals surface area contributed by atoms with E-state index >= 15 is 0 Å². The van der Waals surface area contributed by atoms with Crippen molar-refractivity contribution < 1.29 is 5.11 Å². The first kappa shape index (κ1) is 12.7.